The predicted molar refractivity (Wildman–Crippen MR) is 79.8 cm³/mol. The number of aryl methyl sites for hydroxylation is 1. The summed E-state index contributed by atoms with van der Waals surface area (Å²) in [5.41, 5.74) is 0.680. The van der Waals surface area contributed by atoms with Gasteiger partial charge in [0.2, 0.25) is 11.8 Å². The number of alkyl halides is 1. The van der Waals surface area contributed by atoms with E-state index in [4.69, 9.17) is 11.6 Å². The average Bonchev–Trinajstić information content (AvgIpc) is 2.90. The van der Waals surface area contributed by atoms with Crippen LogP contribution in [0.5, 0.6) is 0 Å². The zero-order chi connectivity index (χ0) is 15.4. The van der Waals surface area contributed by atoms with Crippen molar-refractivity contribution >= 4 is 23.4 Å². The third kappa shape index (κ3) is 3.97. The minimum absolute atomic E-state index is 0.0898. The first-order chi connectivity index (χ1) is 10.0. The van der Waals surface area contributed by atoms with Crippen molar-refractivity contribution in [1.29, 1.82) is 0 Å². The fourth-order valence-corrected chi connectivity index (χ4v) is 2.73. The summed E-state index contributed by atoms with van der Waals surface area (Å²) in [5, 5.41) is 6.77. The molecule has 1 aliphatic heterocycles. The number of rotatable bonds is 4. The molecular weight excluding hydrogens is 292 g/mol. The van der Waals surface area contributed by atoms with E-state index in [0.717, 1.165) is 25.9 Å². The van der Waals surface area contributed by atoms with Gasteiger partial charge in [-0.25, -0.2) is 0 Å². The molecule has 0 aromatic carbocycles. The largest absolute Gasteiger partial charge is 0.340 e. The smallest absolute Gasteiger partial charge is 0.249 e. The zero-order valence-electron chi connectivity index (χ0n) is 12.4. The molecule has 1 aromatic rings. The molecule has 2 amide bonds. The van der Waals surface area contributed by atoms with Crippen LogP contribution in [0.2, 0.25) is 0 Å². The quantitative estimate of drug-likeness (QED) is 0.846. The maximum atomic E-state index is 12.7. The number of hydrogen-bond donors (Lipinski definition) is 1. The lowest BCUT2D eigenvalue weighted by Crippen LogP contribution is -2.46. The second-order valence-electron chi connectivity index (χ2n) is 5.61. The predicted octanol–water partition coefficient (Wildman–Crippen LogP) is 1.07. The second kappa shape index (κ2) is 6.93. The van der Waals surface area contributed by atoms with Crippen molar-refractivity contribution in [2.24, 2.45) is 13.0 Å². The van der Waals surface area contributed by atoms with Crippen molar-refractivity contribution in [3.63, 3.8) is 0 Å². The van der Waals surface area contributed by atoms with E-state index < -0.39 is 6.04 Å². The summed E-state index contributed by atoms with van der Waals surface area (Å²) in [6.45, 7) is 3.60. The Hall–Kier alpha value is -1.56. The molecule has 1 aromatic heterocycles. The van der Waals surface area contributed by atoms with Crippen molar-refractivity contribution in [2.75, 3.05) is 19.0 Å². The highest BCUT2D eigenvalue weighted by Gasteiger charge is 2.30. The number of piperidine rings is 1. The summed E-state index contributed by atoms with van der Waals surface area (Å²) in [7, 11) is 1.78. The maximum Gasteiger partial charge on any atom is 0.249 e. The van der Waals surface area contributed by atoms with Crippen LogP contribution in [0.15, 0.2) is 12.4 Å². The van der Waals surface area contributed by atoms with Gasteiger partial charge in [-0.3, -0.25) is 14.3 Å². The van der Waals surface area contributed by atoms with Crippen molar-refractivity contribution < 1.29 is 9.59 Å². The molecule has 1 saturated heterocycles. The highest BCUT2D eigenvalue weighted by atomic mass is 35.5. The molecule has 0 aliphatic carbocycles. The van der Waals surface area contributed by atoms with Gasteiger partial charge in [0.05, 0.1) is 6.20 Å². The summed E-state index contributed by atoms with van der Waals surface area (Å²) in [6, 6.07) is -0.713. The number of aromatic nitrogens is 2. The third-order valence-corrected chi connectivity index (χ3v) is 3.94. The van der Waals surface area contributed by atoms with Gasteiger partial charge >= 0.3 is 0 Å². The van der Waals surface area contributed by atoms with Gasteiger partial charge in [-0.1, -0.05) is 6.92 Å². The van der Waals surface area contributed by atoms with Crippen LogP contribution in [-0.4, -0.2) is 45.5 Å². The van der Waals surface area contributed by atoms with Gasteiger partial charge in [-0.15, -0.1) is 11.6 Å². The molecular formula is C14H21ClN4O2. The standard InChI is InChI=1S/C14H21ClN4O2/c1-10-4-3-5-19(8-10)14(21)13(17-12(20)6-15)11-7-16-18(2)9-11/h7,9-10,13H,3-6,8H2,1-2H3,(H,17,20). The van der Waals surface area contributed by atoms with Crippen LogP contribution in [0.3, 0.4) is 0 Å². The van der Waals surface area contributed by atoms with Gasteiger partial charge in [0, 0.05) is 31.9 Å². The fourth-order valence-electron chi connectivity index (χ4n) is 2.65. The van der Waals surface area contributed by atoms with E-state index in [2.05, 4.69) is 17.3 Å². The number of hydrogen-bond acceptors (Lipinski definition) is 3. The first-order valence-corrected chi connectivity index (χ1v) is 7.67. The SMILES string of the molecule is CC1CCCN(C(=O)C(NC(=O)CCl)c2cnn(C)c2)C1. The molecule has 2 unspecified atom stereocenters. The van der Waals surface area contributed by atoms with Crippen LogP contribution < -0.4 is 5.32 Å². The number of carbonyl (C=O) groups excluding carboxylic acids is 2. The zero-order valence-corrected chi connectivity index (χ0v) is 13.1. The minimum Gasteiger partial charge on any atom is -0.340 e. The van der Waals surface area contributed by atoms with E-state index in [0.29, 0.717) is 11.5 Å². The number of amides is 2. The van der Waals surface area contributed by atoms with E-state index in [1.807, 2.05) is 4.90 Å². The lowest BCUT2D eigenvalue weighted by molar-refractivity contribution is -0.137. The molecule has 0 radical (unpaired) electrons. The Morgan fingerprint density at radius 1 is 1.57 bits per heavy atom. The van der Waals surface area contributed by atoms with Crippen molar-refractivity contribution in [3.05, 3.63) is 18.0 Å². The molecule has 6 nitrogen and oxygen atoms in total. The number of likely N-dealkylation sites (tertiary alicyclic amines) is 1. The van der Waals surface area contributed by atoms with Gasteiger partial charge in [0.25, 0.3) is 0 Å². The van der Waals surface area contributed by atoms with E-state index in [1.165, 1.54) is 0 Å². The maximum absolute atomic E-state index is 12.7. The van der Waals surface area contributed by atoms with Crippen molar-refractivity contribution in [3.8, 4) is 0 Å². The molecule has 21 heavy (non-hydrogen) atoms. The summed E-state index contributed by atoms with van der Waals surface area (Å²) < 4.78 is 1.61. The molecule has 0 bridgehead atoms. The molecule has 1 fully saturated rings. The van der Waals surface area contributed by atoms with Crippen molar-refractivity contribution in [2.45, 2.75) is 25.8 Å². The molecule has 1 N–H and O–H groups in total. The molecule has 1 aliphatic rings. The molecule has 116 valence electrons. The lowest BCUT2D eigenvalue weighted by Gasteiger charge is -2.33. The Bertz CT molecular complexity index is 517. The van der Waals surface area contributed by atoms with E-state index >= 15 is 0 Å². The first-order valence-electron chi connectivity index (χ1n) is 7.14. The summed E-state index contributed by atoms with van der Waals surface area (Å²) >= 11 is 5.54. The van der Waals surface area contributed by atoms with E-state index in [-0.39, 0.29) is 17.7 Å². The molecule has 2 atom stereocenters. The van der Waals surface area contributed by atoms with Crippen LogP contribution in [0.4, 0.5) is 0 Å². The van der Waals surface area contributed by atoms with Crippen LogP contribution in [-0.2, 0) is 16.6 Å². The molecule has 0 saturated carbocycles. The fraction of sp³-hybridized carbons (Fsp3) is 0.643. The Kier molecular flexibility index (Phi) is 5.22. The van der Waals surface area contributed by atoms with Crippen LogP contribution in [0, 0.1) is 5.92 Å². The summed E-state index contributed by atoms with van der Waals surface area (Å²) in [5.74, 6) is -0.126. The van der Waals surface area contributed by atoms with E-state index in [9.17, 15) is 9.59 Å². The highest BCUT2D eigenvalue weighted by molar-refractivity contribution is 6.27. The topological polar surface area (TPSA) is 67.2 Å². The monoisotopic (exact) mass is 312 g/mol. The molecule has 2 heterocycles. The Balaban J connectivity index is 2.17. The third-order valence-electron chi connectivity index (χ3n) is 3.70. The van der Waals surface area contributed by atoms with Gasteiger partial charge in [-0.2, -0.15) is 5.10 Å². The van der Waals surface area contributed by atoms with Crippen LogP contribution in [0.25, 0.3) is 0 Å². The average molecular weight is 313 g/mol. The van der Waals surface area contributed by atoms with Gasteiger partial charge in [-0.05, 0) is 18.8 Å². The second-order valence-corrected chi connectivity index (χ2v) is 5.88. The first kappa shape index (κ1) is 15.8. The Labute approximate surface area is 129 Å². The summed E-state index contributed by atoms with van der Waals surface area (Å²) in [4.78, 5) is 26.2. The lowest BCUT2D eigenvalue weighted by atomic mass is 9.99. The number of carbonyl (C=O) groups is 2. The number of halogens is 1. The number of nitrogens with zero attached hydrogens (tertiary/aromatic N) is 3. The van der Waals surface area contributed by atoms with E-state index in [1.54, 1.807) is 24.1 Å². The highest BCUT2D eigenvalue weighted by Crippen LogP contribution is 2.21. The molecule has 7 heteroatoms. The van der Waals surface area contributed by atoms with Crippen LogP contribution >= 0.6 is 11.6 Å². The summed E-state index contributed by atoms with van der Waals surface area (Å²) in [6.07, 6.45) is 5.47. The van der Waals surface area contributed by atoms with Gasteiger partial charge in [0.15, 0.2) is 0 Å². The molecule has 2 rings (SSSR count). The molecule has 0 spiro atoms. The minimum atomic E-state index is -0.713. The van der Waals surface area contributed by atoms with Crippen LogP contribution in [0.1, 0.15) is 31.4 Å². The van der Waals surface area contributed by atoms with Gasteiger partial charge < -0.3 is 10.2 Å². The van der Waals surface area contributed by atoms with Crippen molar-refractivity contribution in [1.82, 2.24) is 20.0 Å². The normalized spacial score (nSPS) is 20.1. The Morgan fingerprint density at radius 3 is 2.90 bits per heavy atom. The number of nitrogens with one attached hydrogen (secondary N) is 1. The Morgan fingerprint density at radius 2 is 2.33 bits per heavy atom. The van der Waals surface area contributed by atoms with Gasteiger partial charge in [0.1, 0.15) is 11.9 Å².